The first-order chi connectivity index (χ1) is 32.0. The predicted octanol–water partition coefficient (Wildman–Crippen LogP) is 19.5. The third kappa shape index (κ3) is 53.2. The first-order valence-electron chi connectivity index (χ1n) is 29.5. The summed E-state index contributed by atoms with van der Waals surface area (Å²) in [4.78, 5) is 38.1. The van der Waals surface area contributed by atoms with E-state index >= 15 is 0 Å². The van der Waals surface area contributed by atoms with E-state index in [4.69, 9.17) is 14.2 Å². The highest BCUT2D eigenvalue weighted by Gasteiger charge is 2.19. The summed E-state index contributed by atoms with van der Waals surface area (Å²) in [5, 5.41) is 0. The number of hydrogen-bond donors (Lipinski definition) is 0. The van der Waals surface area contributed by atoms with Crippen LogP contribution in [0.2, 0.25) is 0 Å². The van der Waals surface area contributed by atoms with Crippen LogP contribution in [0.15, 0.2) is 0 Å². The van der Waals surface area contributed by atoms with Crippen LogP contribution in [0, 0.1) is 0 Å². The van der Waals surface area contributed by atoms with Gasteiger partial charge in [-0.3, -0.25) is 14.4 Å². The molecule has 0 rings (SSSR count). The van der Waals surface area contributed by atoms with Crippen LogP contribution in [0.25, 0.3) is 0 Å². The van der Waals surface area contributed by atoms with Gasteiger partial charge < -0.3 is 14.2 Å². The van der Waals surface area contributed by atoms with Crippen molar-refractivity contribution in [1.82, 2.24) is 0 Å². The second kappa shape index (κ2) is 55.0. The summed E-state index contributed by atoms with van der Waals surface area (Å²) in [6.07, 6.45) is 61.0. The molecule has 0 saturated carbocycles. The smallest absolute Gasteiger partial charge is 0.306 e. The molecule has 65 heavy (non-hydrogen) atoms. The lowest BCUT2D eigenvalue weighted by molar-refractivity contribution is -0.167. The molecule has 0 amide bonds. The summed E-state index contributed by atoms with van der Waals surface area (Å²) >= 11 is 0. The highest BCUT2D eigenvalue weighted by atomic mass is 16.6. The van der Waals surface area contributed by atoms with Crippen LogP contribution >= 0.6 is 0 Å². The number of rotatable bonds is 55. The molecule has 0 saturated heterocycles. The Balaban J connectivity index is 4.19. The Bertz CT molecular complexity index is 967. The molecule has 386 valence electrons. The van der Waals surface area contributed by atoms with Crippen molar-refractivity contribution in [3.8, 4) is 0 Å². The van der Waals surface area contributed by atoms with E-state index in [0.29, 0.717) is 19.3 Å². The molecule has 0 heterocycles. The van der Waals surface area contributed by atoms with E-state index in [1.807, 2.05) is 0 Å². The molecule has 0 aromatic carbocycles. The Morgan fingerprint density at radius 1 is 0.246 bits per heavy atom. The molecule has 6 nitrogen and oxygen atoms in total. The Labute approximate surface area is 406 Å². The maximum atomic E-state index is 12.8. The third-order valence-corrected chi connectivity index (χ3v) is 13.6. The molecule has 1 unspecified atom stereocenters. The standard InChI is InChI=1S/C59H114O6/c1-4-7-10-13-16-19-22-25-26-27-28-29-30-31-32-33-35-37-40-43-46-49-52-58(61)64-55-56(54-63-57(60)51-48-45-42-39-36-24-21-18-15-12-9-6-3)65-59(62)53-50-47-44-41-38-34-23-20-17-14-11-8-5-2/h56H,4-55H2,1-3H3. The van der Waals surface area contributed by atoms with E-state index in [1.54, 1.807) is 0 Å². The van der Waals surface area contributed by atoms with Crippen LogP contribution in [0.1, 0.15) is 342 Å². The van der Waals surface area contributed by atoms with Crippen LogP contribution in [0.4, 0.5) is 0 Å². The largest absolute Gasteiger partial charge is 0.462 e. The molecule has 0 spiro atoms. The monoisotopic (exact) mass is 919 g/mol. The lowest BCUT2D eigenvalue weighted by atomic mass is 10.0. The van der Waals surface area contributed by atoms with Crippen molar-refractivity contribution in [2.45, 2.75) is 348 Å². The fourth-order valence-electron chi connectivity index (χ4n) is 9.15. The van der Waals surface area contributed by atoms with Crippen molar-refractivity contribution in [3.05, 3.63) is 0 Å². The van der Waals surface area contributed by atoms with E-state index in [9.17, 15) is 14.4 Å². The van der Waals surface area contributed by atoms with E-state index in [2.05, 4.69) is 20.8 Å². The molecule has 0 aliphatic carbocycles. The summed E-state index contributed by atoms with van der Waals surface area (Å²) < 4.78 is 16.9. The van der Waals surface area contributed by atoms with Crippen LogP contribution in [0.3, 0.4) is 0 Å². The first-order valence-corrected chi connectivity index (χ1v) is 29.5. The van der Waals surface area contributed by atoms with Gasteiger partial charge in [-0.05, 0) is 19.3 Å². The topological polar surface area (TPSA) is 78.9 Å². The zero-order chi connectivity index (χ0) is 47.2. The van der Waals surface area contributed by atoms with Crippen molar-refractivity contribution >= 4 is 17.9 Å². The number of ether oxygens (including phenoxy) is 3. The number of unbranched alkanes of at least 4 members (excludes halogenated alkanes) is 44. The van der Waals surface area contributed by atoms with Gasteiger partial charge in [-0.1, -0.05) is 303 Å². The second-order valence-electron chi connectivity index (χ2n) is 20.3. The lowest BCUT2D eigenvalue weighted by Gasteiger charge is -2.18. The van der Waals surface area contributed by atoms with Crippen molar-refractivity contribution < 1.29 is 28.6 Å². The first kappa shape index (κ1) is 63.4. The Hall–Kier alpha value is -1.59. The van der Waals surface area contributed by atoms with E-state index in [1.165, 1.54) is 244 Å². The van der Waals surface area contributed by atoms with Gasteiger partial charge in [0.25, 0.3) is 0 Å². The zero-order valence-electron chi connectivity index (χ0n) is 44.3. The van der Waals surface area contributed by atoms with Gasteiger partial charge in [0, 0.05) is 19.3 Å². The van der Waals surface area contributed by atoms with E-state index in [0.717, 1.165) is 57.8 Å². The second-order valence-corrected chi connectivity index (χ2v) is 20.3. The third-order valence-electron chi connectivity index (χ3n) is 13.6. The van der Waals surface area contributed by atoms with Crippen LogP contribution in [-0.4, -0.2) is 37.2 Å². The predicted molar refractivity (Wildman–Crippen MR) is 280 cm³/mol. The molecular weight excluding hydrogens is 805 g/mol. The summed E-state index contributed by atoms with van der Waals surface area (Å²) in [6.45, 7) is 6.70. The van der Waals surface area contributed by atoms with Crippen LogP contribution in [0.5, 0.6) is 0 Å². The molecule has 0 fully saturated rings. The van der Waals surface area contributed by atoms with Crippen molar-refractivity contribution in [3.63, 3.8) is 0 Å². The van der Waals surface area contributed by atoms with Crippen molar-refractivity contribution in [2.24, 2.45) is 0 Å². The van der Waals surface area contributed by atoms with Gasteiger partial charge in [-0.2, -0.15) is 0 Å². The van der Waals surface area contributed by atoms with Crippen molar-refractivity contribution in [2.75, 3.05) is 13.2 Å². The summed E-state index contributed by atoms with van der Waals surface area (Å²) in [6, 6.07) is 0. The maximum absolute atomic E-state index is 12.8. The van der Waals surface area contributed by atoms with E-state index < -0.39 is 6.10 Å². The van der Waals surface area contributed by atoms with Gasteiger partial charge in [0.1, 0.15) is 13.2 Å². The van der Waals surface area contributed by atoms with Crippen LogP contribution < -0.4 is 0 Å². The van der Waals surface area contributed by atoms with Gasteiger partial charge in [0.15, 0.2) is 6.10 Å². The minimum atomic E-state index is -0.760. The number of carbonyl (C=O) groups excluding carboxylic acids is 3. The number of esters is 3. The lowest BCUT2D eigenvalue weighted by Crippen LogP contribution is -2.30. The highest BCUT2D eigenvalue weighted by molar-refractivity contribution is 5.71. The highest BCUT2D eigenvalue weighted by Crippen LogP contribution is 2.18. The van der Waals surface area contributed by atoms with Gasteiger partial charge in [-0.25, -0.2) is 0 Å². The summed E-state index contributed by atoms with van der Waals surface area (Å²) in [5.41, 5.74) is 0. The van der Waals surface area contributed by atoms with Gasteiger partial charge >= 0.3 is 17.9 Å². The average molecular weight is 920 g/mol. The molecule has 0 aliphatic heterocycles. The normalized spacial score (nSPS) is 11.9. The van der Waals surface area contributed by atoms with Gasteiger partial charge in [0.05, 0.1) is 0 Å². The molecule has 0 aliphatic rings. The maximum Gasteiger partial charge on any atom is 0.306 e. The van der Waals surface area contributed by atoms with Gasteiger partial charge in [-0.15, -0.1) is 0 Å². The Kier molecular flexibility index (Phi) is 53.7. The fraction of sp³-hybridized carbons (Fsp3) is 0.949. The molecular formula is C59H114O6. The van der Waals surface area contributed by atoms with Crippen LogP contribution in [-0.2, 0) is 28.6 Å². The van der Waals surface area contributed by atoms with Gasteiger partial charge in [0.2, 0.25) is 0 Å². The zero-order valence-corrected chi connectivity index (χ0v) is 44.3. The Morgan fingerprint density at radius 2 is 0.415 bits per heavy atom. The fourth-order valence-corrected chi connectivity index (χ4v) is 9.15. The average Bonchev–Trinajstić information content (AvgIpc) is 3.30. The molecule has 0 N–H and O–H groups in total. The molecule has 0 aromatic rings. The number of carbonyl (C=O) groups is 3. The minimum absolute atomic E-state index is 0.0611. The summed E-state index contributed by atoms with van der Waals surface area (Å²) in [7, 11) is 0. The van der Waals surface area contributed by atoms with Crippen molar-refractivity contribution in [1.29, 1.82) is 0 Å². The molecule has 1 atom stereocenters. The Morgan fingerprint density at radius 3 is 0.615 bits per heavy atom. The minimum Gasteiger partial charge on any atom is -0.462 e. The summed E-state index contributed by atoms with van der Waals surface area (Å²) in [5.74, 6) is -0.833. The van der Waals surface area contributed by atoms with E-state index in [-0.39, 0.29) is 31.1 Å². The quantitative estimate of drug-likeness (QED) is 0.0344. The molecule has 0 radical (unpaired) electrons. The molecule has 6 heteroatoms. The molecule has 0 aromatic heterocycles. The SMILES string of the molecule is CCCCCCCCCCCCCCCCCCCCCCCCC(=O)OCC(COC(=O)CCCCCCCCCCCCCC)OC(=O)CCCCCCCCCCCCCCC. The number of hydrogen-bond acceptors (Lipinski definition) is 6. The molecule has 0 bridgehead atoms.